The summed E-state index contributed by atoms with van der Waals surface area (Å²) in [7, 11) is 0. The summed E-state index contributed by atoms with van der Waals surface area (Å²) in [5.41, 5.74) is 1.73. The quantitative estimate of drug-likeness (QED) is 0.616. The smallest absolute Gasteiger partial charge is 0.226 e. The molecule has 0 aliphatic carbocycles. The van der Waals surface area contributed by atoms with Gasteiger partial charge in [0.25, 0.3) is 0 Å². The van der Waals surface area contributed by atoms with E-state index in [2.05, 4.69) is 15.6 Å². The van der Waals surface area contributed by atoms with Crippen LogP contribution >= 0.6 is 0 Å². The molecule has 1 aromatic heterocycles. The second-order valence-corrected chi connectivity index (χ2v) is 7.63. The highest BCUT2D eigenvalue weighted by Crippen LogP contribution is 2.22. The van der Waals surface area contributed by atoms with Crippen molar-refractivity contribution in [1.82, 2.24) is 15.6 Å². The summed E-state index contributed by atoms with van der Waals surface area (Å²) in [6, 6.07) is 14.8. The van der Waals surface area contributed by atoms with Crippen LogP contribution in [0.2, 0.25) is 0 Å². The molecule has 1 saturated heterocycles. The molecule has 30 heavy (non-hydrogen) atoms. The fraction of sp³-hybridized carbons (Fsp3) is 0.435. The number of hydrogen-bond acceptors (Lipinski definition) is 5. The molecule has 7 heteroatoms. The maximum absolute atomic E-state index is 12.4. The third-order valence-corrected chi connectivity index (χ3v) is 5.30. The van der Waals surface area contributed by atoms with Gasteiger partial charge in [0.05, 0.1) is 37.6 Å². The van der Waals surface area contributed by atoms with Crippen LogP contribution in [0, 0.1) is 0 Å². The Labute approximate surface area is 176 Å². The second-order valence-electron chi connectivity index (χ2n) is 7.63. The molecule has 2 aromatic rings. The third kappa shape index (κ3) is 6.37. The van der Waals surface area contributed by atoms with Gasteiger partial charge >= 0.3 is 0 Å². The van der Waals surface area contributed by atoms with Gasteiger partial charge in [-0.25, -0.2) is 0 Å². The van der Waals surface area contributed by atoms with Gasteiger partial charge in [-0.2, -0.15) is 0 Å². The first kappa shape index (κ1) is 21.9. The van der Waals surface area contributed by atoms with E-state index in [1.165, 1.54) is 0 Å². The summed E-state index contributed by atoms with van der Waals surface area (Å²) < 4.78 is 5.92. The van der Waals surface area contributed by atoms with Gasteiger partial charge in [-0.1, -0.05) is 36.4 Å². The Balaban J connectivity index is 1.46. The Morgan fingerprint density at radius 3 is 2.60 bits per heavy atom. The summed E-state index contributed by atoms with van der Waals surface area (Å²) in [5, 5.41) is 15.6. The fourth-order valence-electron chi connectivity index (χ4n) is 3.70. The van der Waals surface area contributed by atoms with Crippen LogP contribution in [-0.2, 0) is 20.7 Å². The molecule has 0 spiro atoms. The van der Waals surface area contributed by atoms with E-state index in [4.69, 9.17) is 4.74 Å². The molecule has 2 heterocycles. The fourth-order valence-corrected chi connectivity index (χ4v) is 3.70. The number of aromatic nitrogens is 1. The number of carbonyl (C=O) groups excluding carboxylic acids is 2. The SMILES string of the molecule is C[C@@H](NC(=O)C[C@@H]1CC[C@H](NC(=O)Cc2ccccn2)[C@H](CO)O1)c1ccccc1. The molecule has 7 nitrogen and oxygen atoms in total. The van der Waals surface area contributed by atoms with Crippen molar-refractivity contribution in [2.45, 2.75) is 56.9 Å². The van der Waals surface area contributed by atoms with Crippen molar-refractivity contribution in [2.24, 2.45) is 0 Å². The molecular formula is C23H29N3O4. The van der Waals surface area contributed by atoms with Gasteiger partial charge in [0.2, 0.25) is 11.8 Å². The third-order valence-electron chi connectivity index (χ3n) is 5.30. The van der Waals surface area contributed by atoms with Gasteiger partial charge in [-0.05, 0) is 37.5 Å². The minimum atomic E-state index is -0.532. The van der Waals surface area contributed by atoms with Crippen molar-refractivity contribution in [1.29, 1.82) is 0 Å². The number of pyridine rings is 1. The average molecular weight is 412 g/mol. The van der Waals surface area contributed by atoms with Crippen molar-refractivity contribution < 1.29 is 19.4 Å². The topological polar surface area (TPSA) is 101 Å². The number of rotatable bonds is 8. The highest BCUT2D eigenvalue weighted by atomic mass is 16.5. The van der Waals surface area contributed by atoms with E-state index in [1.807, 2.05) is 43.3 Å². The van der Waals surface area contributed by atoms with Gasteiger partial charge in [0.15, 0.2) is 0 Å². The Kier molecular flexibility index (Phi) is 7.93. The van der Waals surface area contributed by atoms with E-state index in [0.29, 0.717) is 18.5 Å². The maximum Gasteiger partial charge on any atom is 0.226 e. The van der Waals surface area contributed by atoms with E-state index in [9.17, 15) is 14.7 Å². The van der Waals surface area contributed by atoms with Crippen molar-refractivity contribution in [3.05, 3.63) is 66.0 Å². The molecule has 0 unspecified atom stereocenters. The van der Waals surface area contributed by atoms with Crippen molar-refractivity contribution in [3.63, 3.8) is 0 Å². The van der Waals surface area contributed by atoms with Crippen molar-refractivity contribution in [3.8, 4) is 0 Å². The minimum Gasteiger partial charge on any atom is -0.394 e. The summed E-state index contributed by atoms with van der Waals surface area (Å²) in [5.74, 6) is -0.251. The van der Waals surface area contributed by atoms with Crippen molar-refractivity contribution >= 4 is 11.8 Å². The first-order chi connectivity index (χ1) is 14.5. The van der Waals surface area contributed by atoms with E-state index in [0.717, 1.165) is 5.56 Å². The maximum atomic E-state index is 12.4. The van der Waals surface area contributed by atoms with Crippen LogP contribution in [0.4, 0.5) is 0 Å². The molecule has 1 fully saturated rings. The molecule has 1 aliphatic rings. The zero-order valence-electron chi connectivity index (χ0n) is 17.2. The number of benzene rings is 1. The number of hydrogen-bond donors (Lipinski definition) is 3. The van der Waals surface area contributed by atoms with E-state index in [1.54, 1.807) is 18.3 Å². The minimum absolute atomic E-state index is 0.0884. The van der Waals surface area contributed by atoms with Crippen LogP contribution in [0.3, 0.4) is 0 Å². The molecule has 160 valence electrons. The van der Waals surface area contributed by atoms with Crippen LogP contribution < -0.4 is 10.6 Å². The molecular weight excluding hydrogens is 382 g/mol. The standard InChI is InChI=1S/C23H29N3O4/c1-16(17-7-3-2-4-8-17)25-23(29)14-19-10-11-20(21(15-27)30-19)26-22(28)13-18-9-5-6-12-24-18/h2-9,12,16,19-21,27H,10-11,13-15H2,1H3,(H,25,29)(H,26,28)/t16-,19+,20+,21+/m1/s1. The summed E-state index contributed by atoms with van der Waals surface area (Å²) in [6.07, 6.45) is 2.52. The molecule has 3 rings (SSSR count). The normalized spacial score (nSPS) is 22.1. The molecule has 0 radical (unpaired) electrons. The van der Waals surface area contributed by atoms with Gasteiger partial charge in [-0.15, -0.1) is 0 Å². The highest BCUT2D eigenvalue weighted by molar-refractivity contribution is 5.78. The number of ether oxygens (including phenoxy) is 1. The van der Waals surface area contributed by atoms with Crippen LogP contribution in [0.1, 0.15) is 43.5 Å². The summed E-state index contributed by atoms with van der Waals surface area (Å²) in [4.78, 5) is 28.9. The summed E-state index contributed by atoms with van der Waals surface area (Å²) >= 11 is 0. The lowest BCUT2D eigenvalue weighted by atomic mass is 9.96. The lowest BCUT2D eigenvalue weighted by molar-refractivity contribution is -0.136. The predicted octanol–water partition coefficient (Wildman–Crippen LogP) is 1.92. The molecule has 0 saturated carbocycles. The number of nitrogens with one attached hydrogen (secondary N) is 2. The zero-order chi connectivity index (χ0) is 21.3. The monoisotopic (exact) mass is 411 g/mol. The number of carbonyl (C=O) groups is 2. The molecule has 1 aliphatic heterocycles. The predicted molar refractivity (Wildman–Crippen MR) is 112 cm³/mol. The number of amides is 2. The highest BCUT2D eigenvalue weighted by Gasteiger charge is 2.33. The lowest BCUT2D eigenvalue weighted by Crippen LogP contribution is -2.51. The Morgan fingerprint density at radius 1 is 1.13 bits per heavy atom. The van der Waals surface area contributed by atoms with Crippen molar-refractivity contribution in [2.75, 3.05) is 6.61 Å². The van der Waals surface area contributed by atoms with E-state index < -0.39 is 6.10 Å². The molecule has 0 bridgehead atoms. The number of aliphatic hydroxyl groups excluding tert-OH is 1. The number of aliphatic hydroxyl groups is 1. The lowest BCUT2D eigenvalue weighted by Gasteiger charge is -2.36. The van der Waals surface area contributed by atoms with E-state index >= 15 is 0 Å². The average Bonchev–Trinajstić information content (AvgIpc) is 2.76. The molecule has 1 aromatic carbocycles. The Morgan fingerprint density at radius 2 is 1.90 bits per heavy atom. The Hall–Kier alpha value is -2.77. The molecule has 3 N–H and O–H groups in total. The summed E-state index contributed by atoms with van der Waals surface area (Å²) in [6.45, 7) is 1.73. The van der Waals surface area contributed by atoms with Crippen LogP contribution in [0.25, 0.3) is 0 Å². The largest absolute Gasteiger partial charge is 0.394 e. The van der Waals surface area contributed by atoms with Gasteiger partial charge in [0, 0.05) is 11.9 Å². The van der Waals surface area contributed by atoms with Gasteiger partial charge in [0.1, 0.15) is 6.10 Å². The zero-order valence-corrected chi connectivity index (χ0v) is 17.2. The van der Waals surface area contributed by atoms with Gasteiger partial charge < -0.3 is 20.5 Å². The van der Waals surface area contributed by atoms with Crippen LogP contribution in [0.5, 0.6) is 0 Å². The van der Waals surface area contributed by atoms with Crippen LogP contribution in [-0.4, -0.2) is 46.8 Å². The Bertz CT molecular complexity index is 816. The number of nitrogens with zero attached hydrogens (tertiary/aromatic N) is 1. The van der Waals surface area contributed by atoms with E-state index in [-0.39, 0.29) is 49.5 Å². The van der Waals surface area contributed by atoms with Crippen LogP contribution in [0.15, 0.2) is 54.7 Å². The van der Waals surface area contributed by atoms with Gasteiger partial charge in [-0.3, -0.25) is 14.6 Å². The molecule has 4 atom stereocenters. The first-order valence-corrected chi connectivity index (χ1v) is 10.3. The molecule has 2 amide bonds. The second kappa shape index (κ2) is 10.8. The first-order valence-electron chi connectivity index (χ1n) is 10.3.